The summed E-state index contributed by atoms with van der Waals surface area (Å²) in [5.74, 6) is -0.988. The number of nitrogens with one attached hydrogen (secondary N) is 1. The molecule has 0 saturated carbocycles. The van der Waals surface area contributed by atoms with E-state index in [0.29, 0.717) is 39.1 Å². The zero-order chi connectivity index (χ0) is 25.7. The summed E-state index contributed by atoms with van der Waals surface area (Å²) in [6.45, 7) is 1.91. The van der Waals surface area contributed by atoms with Crippen molar-refractivity contribution in [3.8, 4) is 10.6 Å². The summed E-state index contributed by atoms with van der Waals surface area (Å²) >= 11 is 0.792. The van der Waals surface area contributed by atoms with Crippen LogP contribution in [0.25, 0.3) is 10.6 Å². The van der Waals surface area contributed by atoms with Crippen LogP contribution in [0.3, 0.4) is 0 Å². The van der Waals surface area contributed by atoms with E-state index in [2.05, 4.69) is 25.2 Å². The molecule has 3 saturated heterocycles. The molecule has 3 aliphatic rings. The summed E-state index contributed by atoms with van der Waals surface area (Å²) in [5.41, 5.74) is -1.62. The Kier molecular flexibility index (Phi) is 6.95. The number of ether oxygens (including phenoxy) is 1. The van der Waals surface area contributed by atoms with Gasteiger partial charge in [-0.2, -0.15) is 13.2 Å². The Morgan fingerprint density at radius 1 is 1.14 bits per heavy atom. The molecule has 0 aliphatic carbocycles. The normalized spacial score (nSPS) is 24.4. The lowest BCUT2D eigenvalue weighted by atomic mass is 10.1. The molecule has 0 amide bonds. The van der Waals surface area contributed by atoms with Gasteiger partial charge in [-0.3, -0.25) is 4.90 Å². The third-order valence-electron chi connectivity index (χ3n) is 6.86. The Morgan fingerprint density at radius 2 is 1.81 bits per heavy atom. The number of anilines is 1. The molecule has 15 heteroatoms. The summed E-state index contributed by atoms with van der Waals surface area (Å²) in [7, 11) is -3.30. The van der Waals surface area contributed by atoms with Gasteiger partial charge in [-0.15, -0.1) is 11.3 Å². The number of alkyl halides is 3. The van der Waals surface area contributed by atoms with Crippen LogP contribution in [0.1, 0.15) is 36.4 Å². The van der Waals surface area contributed by atoms with E-state index >= 15 is 0 Å². The van der Waals surface area contributed by atoms with Crippen LogP contribution in [-0.4, -0.2) is 83.3 Å². The van der Waals surface area contributed by atoms with Crippen LogP contribution in [0.4, 0.5) is 23.5 Å². The second-order valence-electron chi connectivity index (χ2n) is 9.35. The molecule has 2 aromatic rings. The highest BCUT2D eigenvalue weighted by atomic mass is 32.2. The molecule has 5 rings (SSSR count). The Hall–Kier alpha value is -1.94. The Morgan fingerprint density at radius 3 is 2.42 bits per heavy atom. The summed E-state index contributed by atoms with van der Waals surface area (Å²) < 4.78 is 86.8. The average molecular weight is 551 g/mol. The van der Waals surface area contributed by atoms with Crippen LogP contribution in [0.2, 0.25) is 0 Å². The molecule has 5 heterocycles. The molecule has 0 aromatic carbocycles. The second kappa shape index (κ2) is 9.74. The summed E-state index contributed by atoms with van der Waals surface area (Å²) in [4.78, 5) is 13.6. The van der Waals surface area contributed by atoms with E-state index < -0.39 is 33.4 Å². The van der Waals surface area contributed by atoms with Crippen LogP contribution >= 0.6 is 11.3 Å². The standard InChI is InChI=1S/C21H26F4N6O3S2/c1-36(32,33)30-6-4-12(5-7-30)27-20-26-8-15(22)17(29-20)18-19(21(23,24)25)28-16(35-18)9-31-13-2-3-14(31)11-34-10-13/h8,12-14H,2-7,9-11H2,1H3,(H,26,27,29). The third-order valence-corrected chi connectivity index (χ3v) is 9.21. The maximum atomic E-state index is 14.7. The minimum absolute atomic E-state index is 0.0153. The number of hydrogen-bond acceptors (Lipinski definition) is 9. The van der Waals surface area contributed by atoms with Crippen molar-refractivity contribution < 1.29 is 30.7 Å². The van der Waals surface area contributed by atoms with Crippen molar-refractivity contribution in [2.45, 2.75) is 56.5 Å². The quantitative estimate of drug-likeness (QED) is 0.548. The summed E-state index contributed by atoms with van der Waals surface area (Å²) in [5, 5.41) is 3.26. The Labute approximate surface area is 209 Å². The zero-order valence-electron chi connectivity index (χ0n) is 19.5. The molecular formula is C21H26F4N6O3S2. The molecule has 9 nitrogen and oxygen atoms in total. The highest BCUT2D eigenvalue weighted by molar-refractivity contribution is 7.88. The maximum absolute atomic E-state index is 14.7. The zero-order valence-corrected chi connectivity index (χ0v) is 21.1. The molecule has 1 N–H and O–H groups in total. The number of sulfonamides is 1. The fourth-order valence-corrected chi connectivity index (χ4v) is 6.98. The number of morpholine rings is 1. The fraction of sp³-hybridized carbons (Fsp3) is 0.667. The van der Waals surface area contributed by atoms with Gasteiger partial charge in [-0.1, -0.05) is 0 Å². The Balaban J connectivity index is 1.38. The molecule has 2 unspecified atom stereocenters. The van der Waals surface area contributed by atoms with Gasteiger partial charge in [0.1, 0.15) is 10.7 Å². The molecule has 2 atom stereocenters. The van der Waals surface area contributed by atoms with Crippen molar-refractivity contribution in [1.29, 1.82) is 0 Å². The first-order valence-corrected chi connectivity index (χ1v) is 14.3. The smallest absolute Gasteiger partial charge is 0.378 e. The lowest BCUT2D eigenvalue weighted by molar-refractivity contribution is -0.140. The molecule has 2 bridgehead atoms. The van der Waals surface area contributed by atoms with Gasteiger partial charge in [0.25, 0.3) is 0 Å². The third kappa shape index (κ3) is 5.35. The van der Waals surface area contributed by atoms with Gasteiger partial charge >= 0.3 is 6.18 Å². The van der Waals surface area contributed by atoms with Gasteiger partial charge < -0.3 is 10.1 Å². The molecule has 2 aromatic heterocycles. The first-order valence-electron chi connectivity index (χ1n) is 11.6. The van der Waals surface area contributed by atoms with Crippen molar-refractivity contribution in [1.82, 2.24) is 24.2 Å². The van der Waals surface area contributed by atoms with Gasteiger partial charge in [0, 0.05) is 31.2 Å². The SMILES string of the molecule is CS(=O)(=O)N1CCC(Nc2ncc(F)c(-c3sc(CN4C5CCC4COC5)nc3C(F)(F)F)n2)CC1. The topological polar surface area (TPSA) is 101 Å². The second-order valence-corrected chi connectivity index (χ2v) is 12.4. The van der Waals surface area contributed by atoms with Crippen LogP contribution in [0.5, 0.6) is 0 Å². The monoisotopic (exact) mass is 550 g/mol. The van der Waals surface area contributed by atoms with Crippen molar-refractivity contribution in [2.24, 2.45) is 0 Å². The predicted octanol–water partition coefficient (Wildman–Crippen LogP) is 2.96. The minimum Gasteiger partial charge on any atom is -0.378 e. The molecule has 198 valence electrons. The molecule has 3 fully saturated rings. The van der Waals surface area contributed by atoms with E-state index in [4.69, 9.17) is 4.74 Å². The van der Waals surface area contributed by atoms with Gasteiger partial charge in [0.2, 0.25) is 16.0 Å². The maximum Gasteiger partial charge on any atom is 0.434 e. The van der Waals surface area contributed by atoms with E-state index in [1.165, 1.54) is 4.31 Å². The van der Waals surface area contributed by atoms with E-state index in [-0.39, 0.29) is 40.5 Å². The predicted molar refractivity (Wildman–Crippen MR) is 124 cm³/mol. The number of rotatable bonds is 6. The van der Waals surface area contributed by atoms with Crippen LogP contribution in [-0.2, 0) is 27.5 Å². The number of hydrogen-bond donors (Lipinski definition) is 1. The van der Waals surface area contributed by atoms with Gasteiger partial charge in [0.05, 0.1) is 37.1 Å². The minimum atomic E-state index is -4.78. The lowest BCUT2D eigenvalue weighted by Crippen LogP contribution is -2.45. The van der Waals surface area contributed by atoms with Gasteiger partial charge in [-0.05, 0) is 25.7 Å². The molecule has 3 aliphatic heterocycles. The van der Waals surface area contributed by atoms with Gasteiger partial charge in [-0.25, -0.2) is 32.1 Å². The average Bonchev–Trinajstić information content (AvgIpc) is 3.31. The number of nitrogens with zero attached hydrogens (tertiary/aromatic N) is 5. The molecule has 36 heavy (non-hydrogen) atoms. The highest BCUT2D eigenvalue weighted by Crippen LogP contribution is 2.42. The number of thiazole rings is 1. The fourth-order valence-electron chi connectivity index (χ4n) is 5.02. The molecule has 0 spiro atoms. The molecular weight excluding hydrogens is 524 g/mol. The first-order chi connectivity index (χ1) is 17.0. The largest absolute Gasteiger partial charge is 0.434 e. The van der Waals surface area contributed by atoms with Crippen molar-refractivity contribution in [2.75, 3.05) is 37.9 Å². The number of halogens is 4. The van der Waals surface area contributed by atoms with E-state index in [1.54, 1.807) is 0 Å². The van der Waals surface area contributed by atoms with Crippen LogP contribution in [0.15, 0.2) is 6.20 Å². The van der Waals surface area contributed by atoms with Crippen LogP contribution < -0.4 is 5.32 Å². The highest BCUT2D eigenvalue weighted by Gasteiger charge is 2.41. The Bertz CT molecular complexity index is 1200. The number of piperidine rings is 1. The van der Waals surface area contributed by atoms with E-state index in [9.17, 15) is 26.0 Å². The van der Waals surface area contributed by atoms with Crippen molar-refractivity contribution >= 4 is 27.3 Å². The molecule has 0 radical (unpaired) electrons. The number of aromatic nitrogens is 3. The van der Waals surface area contributed by atoms with Crippen LogP contribution in [0, 0.1) is 5.82 Å². The van der Waals surface area contributed by atoms with Crippen molar-refractivity contribution in [3.63, 3.8) is 0 Å². The van der Waals surface area contributed by atoms with Crippen molar-refractivity contribution in [3.05, 3.63) is 22.7 Å². The summed E-state index contributed by atoms with van der Waals surface area (Å²) in [6, 6.07) is 0.0921. The summed E-state index contributed by atoms with van der Waals surface area (Å²) in [6.07, 6.45) is -0.0222. The lowest BCUT2D eigenvalue weighted by Gasteiger charge is -2.33. The number of fused-ring (bicyclic) bond motifs is 2. The van der Waals surface area contributed by atoms with E-state index in [0.717, 1.165) is 36.6 Å². The van der Waals surface area contributed by atoms with Gasteiger partial charge in [0.15, 0.2) is 11.5 Å². The first kappa shape index (κ1) is 25.7. The van der Waals surface area contributed by atoms with E-state index in [1.807, 2.05) is 0 Å².